The molecule has 4 nitrogen and oxygen atoms in total. The van der Waals surface area contributed by atoms with E-state index in [4.69, 9.17) is 4.74 Å². The fourth-order valence-electron chi connectivity index (χ4n) is 1.74. The number of aryl methyl sites for hydroxylation is 2. The Morgan fingerprint density at radius 3 is 2.72 bits per heavy atom. The Bertz CT molecular complexity index is 525. The Morgan fingerprint density at radius 2 is 2.00 bits per heavy atom. The van der Waals surface area contributed by atoms with Crippen molar-refractivity contribution in [3.05, 3.63) is 35.7 Å². The van der Waals surface area contributed by atoms with Crippen molar-refractivity contribution in [1.29, 1.82) is 0 Å². The molecule has 0 aliphatic heterocycles. The van der Waals surface area contributed by atoms with Crippen molar-refractivity contribution >= 4 is 11.8 Å². The maximum absolute atomic E-state index is 5.06. The summed E-state index contributed by atoms with van der Waals surface area (Å²) in [7, 11) is 1.71. The largest absolute Gasteiger partial charge is 0.384 e. The summed E-state index contributed by atoms with van der Waals surface area (Å²) in [6, 6.07) is 8.26. The zero-order valence-corrected chi connectivity index (χ0v) is 11.7. The molecule has 0 radical (unpaired) electrons. The molecule has 1 heterocycles. The van der Waals surface area contributed by atoms with Crippen LogP contribution in [-0.2, 0) is 4.74 Å². The molecule has 96 valence electrons. The highest BCUT2D eigenvalue weighted by Gasteiger charge is 2.12. The van der Waals surface area contributed by atoms with Crippen LogP contribution in [-0.4, -0.2) is 34.2 Å². The van der Waals surface area contributed by atoms with Crippen LogP contribution in [0.2, 0.25) is 0 Å². The third-order valence-corrected chi connectivity index (χ3v) is 3.56. The molecular formula is C13H17N3OS. The molecule has 5 heteroatoms. The zero-order chi connectivity index (χ0) is 13.0. The maximum atomic E-state index is 5.06. The minimum Gasteiger partial charge on any atom is -0.384 e. The summed E-state index contributed by atoms with van der Waals surface area (Å²) in [5, 5.41) is 9.31. The Balaban J connectivity index is 2.32. The van der Waals surface area contributed by atoms with Gasteiger partial charge in [0, 0.05) is 12.9 Å². The van der Waals surface area contributed by atoms with Crippen LogP contribution in [0.1, 0.15) is 11.4 Å². The molecule has 0 aliphatic rings. The van der Waals surface area contributed by atoms with Crippen LogP contribution in [0.5, 0.6) is 0 Å². The van der Waals surface area contributed by atoms with E-state index in [-0.39, 0.29) is 0 Å². The van der Waals surface area contributed by atoms with Gasteiger partial charge in [0.05, 0.1) is 12.3 Å². The predicted molar refractivity (Wildman–Crippen MR) is 73.4 cm³/mol. The summed E-state index contributed by atoms with van der Waals surface area (Å²) in [6.07, 6.45) is 0. The highest BCUT2D eigenvalue weighted by molar-refractivity contribution is 7.99. The molecule has 18 heavy (non-hydrogen) atoms. The summed E-state index contributed by atoms with van der Waals surface area (Å²) in [5.74, 6) is 1.78. The summed E-state index contributed by atoms with van der Waals surface area (Å²) in [6.45, 7) is 4.78. The summed E-state index contributed by atoms with van der Waals surface area (Å²) < 4.78 is 7.15. The van der Waals surface area contributed by atoms with Crippen LogP contribution >= 0.6 is 11.8 Å². The first-order valence-corrected chi connectivity index (χ1v) is 6.82. The van der Waals surface area contributed by atoms with Crippen LogP contribution in [0, 0.1) is 13.8 Å². The van der Waals surface area contributed by atoms with E-state index >= 15 is 0 Å². The number of aromatic nitrogens is 3. The van der Waals surface area contributed by atoms with Crippen LogP contribution < -0.4 is 0 Å². The molecule has 0 saturated heterocycles. The van der Waals surface area contributed by atoms with Crippen molar-refractivity contribution < 1.29 is 4.74 Å². The lowest BCUT2D eigenvalue weighted by atomic mass is 10.2. The number of hydrogen-bond donors (Lipinski definition) is 0. The van der Waals surface area contributed by atoms with Gasteiger partial charge in [-0.15, -0.1) is 10.2 Å². The van der Waals surface area contributed by atoms with E-state index in [1.54, 1.807) is 18.9 Å². The van der Waals surface area contributed by atoms with E-state index in [9.17, 15) is 0 Å². The van der Waals surface area contributed by atoms with Gasteiger partial charge in [0.25, 0.3) is 0 Å². The second-order valence-corrected chi connectivity index (χ2v) is 5.06. The smallest absolute Gasteiger partial charge is 0.195 e. The van der Waals surface area contributed by atoms with Gasteiger partial charge in [-0.1, -0.05) is 30.0 Å². The number of benzene rings is 1. The van der Waals surface area contributed by atoms with Crippen LogP contribution in [0.4, 0.5) is 0 Å². The first-order valence-electron chi connectivity index (χ1n) is 5.84. The van der Waals surface area contributed by atoms with E-state index in [1.807, 2.05) is 19.1 Å². The van der Waals surface area contributed by atoms with Crippen molar-refractivity contribution in [2.24, 2.45) is 0 Å². The molecule has 2 aromatic rings. The molecule has 0 fully saturated rings. The Hall–Kier alpha value is -1.33. The van der Waals surface area contributed by atoms with Gasteiger partial charge in [0.2, 0.25) is 0 Å². The van der Waals surface area contributed by atoms with Gasteiger partial charge in [-0.05, 0) is 25.5 Å². The second-order valence-electron chi connectivity index (χ2n) is 3.99. The fourth-order valence-corrected chi connectivity index (χ4v) is 2.64. The van der Waals surface area contributed by atoms with Crippen LogP contribution in [0.15, 0.2) is 29.4 Å². The van der Waals surface area contributed by atoms with Crippen molar-refractivity contribution in [2.45, 2.75) is 19.0 Å². The Labute approximate surface area is 111 Å². The van der Waals surface area contributed by atoms with Crippen LogP contribution in [0.3, 0.4) is 0 Å². The van der Waals surface area contributed by atoms with Gasteiger partial charge >= 0.3 is 0 Å². The van der Waals surface area contributed by atoms with Gasteiger partial charge < -0.3 is 4.74 Å². The topological polar surface area (TPSA) is 39.9 Å². The van der Waals surface area contributed by atoms with E-state index in [0.29, 0.717) is 6.61 Å². The number of hydrogen-bond acceptors (Lipinski definition) is 4. The van der Waals surface area contributed by atoms with Gasteiger partial charge in [-0.25, -0.2) is 0 Å². The number of nitrogens with zero attached hydrogens (tertiary/aromatic N) is 3. The minimum absolute atomic E-state index is 0.713. The molecular weight excluding hydrogens is 246 g/mol. The van der Waals surface area contributed by atoms with Crippen molar-refractivity contribution in [3.8, 4) is 5.69 Å². The van der Waals surface area contributed by atoms with Crippen molar-refractivity contribution in [2.75, 3.05) is 19.5 Å². The molecule has 1 aromatic heterocycles. The lowest BCUT2D eigenvalue weighted by Gasteiger charge is -2.10. The van der Waals surface area contributed by atoms with Gasteiger partial charge in [-0.3, -0.25) is 4.57 Å². The lowest BCUT2D eigenvalue weighted by molar-refractivity contribution is 0.218. The number of methoxy groups -OCH3 is 1. The highest BCUT2D eigenvalue weighted by atomic mass is 32.2. The zero-order valence-electron chi connectivity index (χ0n) is 10.9. The molecule has 0 bridgehead atoms. The second kappa shape index (κ2) is 6.02. The number of para-hydroxylation sites is 1. The number of thioether (sulfide) groups is 1. The van der Waals surface area contributed by atoms with Gasteiger partial charge in [0.15, 0.2) is 5.16 Å². The molecule has 0 atom stereocenters. The van der Waals surface area contributed by atoms with E-state index in [2.05, 4.69) is 33.8 Å². The monoisotopic (exact) mass is 263 g/mol. The minimum atomic E-state index is 0.713. The van der Waals surface area contributed by atoms with E-state index in [1.165, 1.54) is 5.56 Å². The third-order valence-electron chi connectivity index (χ3n) is 2.67. The molecule has 0 saturated carbocycles. The average Bonchev–Trinajstić information content (AvgIpc) is 2.72. The first-order chi connectivity index (χ1) is 8.74. The molecule has 0 amide bonds. The van der Waals surface area contributed by atoms with Crippen LogP contribution in [0.25, 0.3) is 5.69 Å². The number of ether oxygens (including phenoxy) is 1. The third kappa shape index (κ3) is 2.73. The Kier molecular flexibility index (Phi) is 4.38. The van der Waals surface area contributed by atoms with E-state index < -0.39 is 0 Å². The molecule has 2 rings (SSSR count). The molecule has 0 aliphatic carbocycles. The standard InChI is InChI=1S/C13H17N3OS/c1-10-6-4-5-7-12(10)16-11(2)14-15-13(16)18-9-8-17-3/h4-7H,8-9H2,1-3H3. The average molecular weight is 263 g/mol. The van der Waals surface area contributed by atoms with Crippen molar-refractivity contribution in [3.63, 3.8) is 0 Å². The quantitative estimate of drug-likeness (QED) is 0.614. The number of rotatable bonds is 5. The summed E-state index contributed by atoms with van der Waals surface area (Å²) in [5.41, 5.74) is 2.36. The predicted octanol–water partition coefficient (Wildman–Crippen LogP) is 2.62. The van der Waals surface area contributed by atoms with Gasteiger partial charge in [0.1, 0.15) is 5.82 Å². The maximum Gasteiger partial charge on any atom is 0.195 e. The fraction of sp³-hybridized carbons (Fsp3) is 0.385. The molecule has 1 aromatic carbocycles. The van der Waals surface area contributed by atoms with Crippen molar-refractivity contribution in [1.82, 2.24) is 14.8 Å². The highest BCUT2D eigenvalue weighted by Crippen LogP contribution is 2.23. The summed E-state index contributed by atoms with van der Waals surface area (Å²) >= 11 is 1.66. The van der Waals surface area contributed by atoms with E-state index in [0.717, 1.165) is 22.4 Å². The Morgan fingerprint density at radius 1 is 1.22 bits per heavy atom. The molecule has 0 spiro atoms. The molecule has 0 N–H and O–H groups in total. The summed E-state index contributed by atoms with van der Waals surface area (Å²) in [4.78, 5) is 0. The lowest BCUT2D eigenvalue weighted by Crippen LogP contribution is -2.02. The SMILES string of the molecule is COCCSc1nnc(C)n1-c1ccccc1C. The normalized spacial score (nSPS) is 10.8. The van der Waals surface area contributed by atoms with Gasteiger partial charge in [-0.2, -0.15) is 0 Å². The molecule has 0 unspecified atom stereocenters. The first kappa shape index (κ1) is 13.1.